The topological polar surface area (TPSA) is 66.4 Å². The van der Waals surface area contributed by atoms with Crippen molar-refractivity contribution in [3.8, 4) is 0 Å². The zero-order chi connectivity index (χ0) is 13.4. The molecule has 1 atom stereocenters. The van der Waals surface area contributed by atoms with Crippen LogP contribution >= 0.6 is 0 Å². The van der Waals surface area contributed by atoms with E-state index >= 15 is 0 Å². The maximum atomic E-state index is 12.1. The fourth-order valence-corrected chi connectivity index (χ4v) is 2.55. The summed E-state index contributed by atoms with van der Waals surface area (Å²) in [6.45, 7) is 1.93. The summed E-state index contributed by atoms with van der Waals surface area (Å²) in [5, 5.41) is 11.7. The van der Waals surface area contributed by atoms with E-state index in [1.807, 2.05) is 6.92 Å². The van der Waals surface area contributed by atoms with Crippen molar-refractivity contribution in [1.82, 2.24) is 5.32 Å². The lowest BCUT2D eigenvalue weighted by Gasteiger charge is -2.21. The van der Waals surface area contributed by atoms with Crippen LogP contribution in [-0.4, -0.2) is 23.0 Å². The van der Waals surface area contributed by atoms with E-state index in [2.05, 4.69) is 5.32 Å². The fraction of sp³-hybridized carbons (Fsp3) is 0.857. The standard InChI is InChI=1S/C14H25NO3/c1-2-8-12(14(17)18)15-13(16)11-9-6-4-3-5-7-10-11/h11-12H,2-10H2,1H3,(H,15,16)(H,17,18)/t12-/m1/s1. The highest BCUT2D eigenvalue weighted by atomic mass is 16.4. The monoisotopic (exact) mass is 255 g/mol. The molecule has 104 valence electrons. The van der Waals surface area contributed by atoms with Crippen LogP contribution in [0.4, 0.5) is 0 Å². The van der Waals surface area contributed by atoms with E-state index in [1.165, 1.54) is 19.3 Å². The molecule has 0 spiro atoms. The zero-order valence-electron chi connectivity index (χ0n) is 11.3. The number of amides is 1. The molecule has 1 aliphatic carbocycles. The van der Waals surface area contributed by atoms with Gasteiger partial charge < -0.3 is 10.4 Å². The van der Waals surface area contributed by atoms with E-state index in [1.54, 1.807) is 0 Å². The Labute approximate surface area is 109 Å². The minimum absolute atomic E-state index is 0.0176. The second-order valence-electron chi connectivity index (χ2n) is 5.23. The van der Waals surface area contributed by atoms with Crippen molar-refractivity contribution in [3.05, 3.63) is 0 Å². The molecular formula is C14H25NO3. The quantitative estimate of drug-likeness (QED) is 0.793. The van der Waals surface area contributed by atoms with E-state index in [4.69, 9.17) is 5.11 Å². The minimum atomic E-state index is -0.920. The molecule has 0 bridgehead atoms. The van der Waals surface area contributed by atoms with E-state index in [0.717, 1.165) is 32.1 Å². The van der Waals surface area contributed by atoms with E-state index in [0.29, 0.717) is 6.42 Å². The summed E-state index contributed by atoms with van der Waals surface area (Å²) < 4.78 is 0. The largest absolute Gasteiger partial charge is 0.480 e. The van der Waals surface area contributed by atoms with Gasteiger partial charge in [0.1, 0.15) is 6.04 Å². The molecule has 1 rings (SSSR count). The van der Waals surface area contributed by atoms with Gasteiger partial charge in [0.05, 0.1) is 0 Å². The van der Waals surface area contributed by atoms with Crippen LogP contribution in [0, 0.1) is 5.92 Å². The molecule has 1 fully saturated rings. The lowest BCUT2D eigenvalue weighted by Crippen LogP contribution is -2.43. The third-order valence-corrected chi connectivity index (χ3v) is 3.67. The van der Waals surface area contributed by atoms with Crippen LogP contribution in [-0.2, 0) is 9.59 Å². The Bertz CT molecular complexity index is 270. The number of hydrogen-bond donors (Lipinski definition) is 2. The predicted molar refractivity (Wildman–Crippen MR) is 70.3 cm³/mol. The Balaban J connectivity index is 2.47. The second-order valence-corrected chi connectivity index (χ2v) is 5.23. The SMILES string of the molecule is CCC[C@@H](NC(=O)C1CCCCCCC1)C(=O)O. The van der Waals surface area contributed by atoms with Crippen molar-refractivity contribution >= 4 is 11.9 Å². The number of aliphatic carboxylic acids is 1. The van der Waals surface area contributed by atoms with E-state index in [-0.39, 0.29) is 11.8 Å². The van der Waals surface area contributed by atoms with Crippen LogP contribution in [0.25, 0.3) is 0 Å². The normalized spacial score (nSPS) is 19.6. The van der Waals surface area contributed by atoms with Crippen LogP contribution in [0.15, 0.2) is 0 Å². The average Bonchev–Trinajstić information content (AvgIpc) is 2.27. The van der Waals surface area contributed by atoms with Crippen LogP contribution < -0.4 is 5.32 Å². The number of carbonyl (C=O) groups is 2. The van der Waals surface area contributed by atoms with Crippen molar-refractivity contribution in [2.24, 2.45) is 5.92 Å². The predicted octanol–water partition coefficient (Wildman–Crippen LogP) is 2.72. The molecule has 4 heteroatoms. The summed E-state index contributed by atoms with van der Waals surface area (Å²) >= 11 is 0. The first-order valence-corrected chi connectivity index (χ1v) is 7.18. The summed E-state index contributed by atoms with van der Waals surface area (Å²) in [5.74, 6) is -0.960. The van der Waals surface area contributed by atoms with E-state index < -0.39 is 12.0 Å². The molecule has 0 radical (unpaired) electrons. The highest BCUT2D eigenvalue weighted by molar-refractivity contribution is 5.84. The van der Waals surface area contributed by atoms with Crippen molar-refractivity contribution < 1.29 is 14.7 Å². The molecule has 0 heterocycles. The first kappa shape index (κ1) is 15.0. The summed E-state index contributed by atoms with van der Waals surface area (Å²) in [7, 11) is 0. The number of nitrogens with one attached hydrogen (secondary N) is 1. The Morgan fingerprint density at radius 3 is 2.22 bits per heavy atom. The molecular weight excluding hydrogens is 230 g/mol. The Kier molecular flexibility index (Phi) is 6.76. The second kappa shape index (κ2) is 8.11. The molecule has 0 aliphatic heterocycles. The van der Waals surface area contributed by atoms with Crippen LogP contribution in [0.2, 0.25) is 0 Å². The van der Waals surface area contributed by atoms with Gasteiger partial charge in [-0.3, -0.25) is 4.79 Å². The third kappa shape index (κ3) is 5.07. The molecule has 0 saturated heterocycles. The van der Waals surface area contributed by atoms with Crippen molar-refractivity contribution in [3.63, 3.8) is 0 Å². The molecule has 1 amide bonds. The van der Waals surface area contributed by atoms with Gasteiger partial charge in [-0.2, -0.15) is 0 Å². The molecule has 18 heavy (non-hydrogen) atoms. The minimum Gasteiger partial charge on any atom is -0.480 e. The number of hydrogen-bond acceptors (Lipinski definition) is 2. The van der Waals surface area contributed by atoms with Crippen LogP contribution in [0.5, 0.6) is 0 Å². The van der Waals surface area contributed by atoms with Crippen LogP contribution in [0.1, 0.15) is 64.7 Å². The van der Waals surface area contributed by atoms with Crippen LogP contribution in [0.3, 0.4) is 0 Å². The average molecular weight is 255 g/mol. The van der Waals surface area contributed by atoms with E-state index in [9.17, 15) is 9.59 Å². The fourth-order valence-electron chi connectivity index (χ4n) is 2.55. The highest BCUT2D eigenvalue weighted by Crippen LogP contribution is 2.22. The maximum Gasteiger partial charge on any atom is 0.326 e. The van der Waals surface area contributed by atoms with Gasteiger partial charge in [-0.05, 0) is 19.3 Å². The summed E-state index contributed by atoms with van der Waals surface area (Å²) in [5.41, 5.74) is 0. The van der Waals surface area contributed by atoms with Gasteiger partial charge in [0.25, 0.3) is 0 Å². The first-order chi connectivity index (χ1) is 8.65. The van der Waals surface area contributed by atoms with Gasteiger partial charge in [0.2, 0.25) is 5.91 Å². The first-order valence-electron chi connectivity index (χ1n) is 7.18. The molecule has 1 aliphatic rings. The van der Waals surface area contributed by atoms with Gasteiger partial charge in [-0.25, -0.2) is 4.79 Å². The molecule has 0 aromatic heterocycles. The lowest BCUT2D eigenvalue weighted by molar-refractivity contribution is -0.142. The number of carboxylic acids is 1. The summed E-state index contributed by atoms with van der Waals surface area (Å²) in [6.07, 6.45) is 8.92. The lowest BCUT2D eigenvalue weighted by atomic mass is 9.90. The number of carbonyl (C=O) groups excluding carboxylic acids is 1. The van der Waals surface area contributed by atoms with Gasteiger partial charge >= 0.3 is 5.97 Å². The molecule has 0 aromatic carbocycles. The van der Waals surface area contributed by atoms with Gasteiger partial charge in [0, 0.05) is 5.92 Å². The third-order valence-electron chi connectivity index (χ3n) is 3.67. The Morgan fingerprint density at radius 1 is 1.17 bits per heavy atom. The zero-order valence-corrected chi connectivity index (χ0v) is 11.3. The Hall–Kier alpha value is -1.06. The van der Waals surface area contributed by atoms with Gasteiger partial charge in [-0.1, -0.05) is 45.4 Å². The maximum absolute atomic E-state index is 12.1. The Morgan fingerprint density at radius 2 is 1.72 bits per heavy atom. The summed E-state index contributed by atoms with van der Waals surface area (Å²) in [6, 6.07) is -0.715. The molecule has 0 unspecified atom stereocenters. The highest BCUT2D eigenvalue weighted by Gasteiger charge is 2.24. The molecule has 4 nitrogen and oxygen atoms in total. The van der Waals surface area contributed by atoms with Crippen molar-refractivity contribution in [1.29, 1.82) is 0 Å². The molecule has 2 N–H and O–H groups in total. The van der Waals surface area contributed by atoms with Crippen molar-refractivity contribution in [2.45, 2.75) is 70.8 Å². The molecule has 0 aromatic rings. The van der Waals surface area contributed by atoms with Gasteiger partial charge in [-0.15, -0.1) is 0 Å². The molecule has 1 saturated carbocycles. The smallest absolute Gasteiger partial charge is 0.326 e. The number of carboxylic acid groups (broad SMARTS) is 1. The number of rotatable bonds is 5. The summed E-state index contributed by atoms with van der Waals surface area (Å²) in [4.78, 5) is 23.1. The van der Waals surface area contributed by atoms with Gasteiger partial charge in [0.15, 0.2) is 0 Å². The van der Waals surface area contributed by atoms with Crippen molar-refractivity contribution in [2.75, 3.05) is 0 Å².